The van der Waals surface area contributed by atoms with E-state index < -0.39 is 17.5 Å². The number of carbonyl (C=O) groups is 1. The Bertz CT molecular complexity index is 667. The lowest BCUT2D eigenvalue weighted by atomic mass is 9.99. The van der Waals surface area contributed by atoms with Crippen molar-refractivity contribution < 1.29 is 19.0 Å². The number of esters is 1. The van der Waals surface area contributed by atoms with Gasteiger partial charge in [0.15, 0.2) is 11.6 Å². The van der Waals surface area contributed by atoms with Crippen molar-refractivity contribution in [1.29, 1.82) is 0 Å². The molecule has 0 aliphatic carbocycles. The Morgan fingerprint density at radius 2 is 2.00 bits per heavy atom. The number of aromatic hydroxyl groups is 1. The van der Waals surface area contributed by atoms with Crippen molar-refractivity contribution in [3.05, 3.63) is 53.8 Å². The van der Waals surface area contributed by atoms with Gasteiger partial charge in [0.2, 0.25) is 0 Å². The summed E-state index contributed by atoms with van der Waals surface area (Å²) >= 11 is 0. The number of benzene rings is 2. The van der Waals surface area contributed by atoms with Crippen molar-refractivity contribution in [3.63, 3.8) is 0 Å². The summed E-state index contributed by atoms with van der Waals surface area (Å²) < 4.78 is 18.8. The van der Waals surface area contributed by atoms with Crippen LogP contribution >= 0.6 is 0 Å². The van der Waals surface area contributed by atoms with Gasteiger partial charge in [-0.05, 0) is 35.2 Å². The zero-order valence-corrected chi connectivity index (χ0v) is 12.7. The minimum atomic E-state index is -0.722. The van der Waals surface area contributed by atoms with Gasteiger partial charge in [-0.3, -0.25) is 0 Å². The fraction of sp³-hybridized carbons (Fsp3) is 0.278. The summed E-state index contributed by atoms with van der Waals surface area (Å²) in [6.45, 7) is 4.40. The second-order valence-electron chi connectivity index (χ2n) is 5.32. The standard InChI is InChI=1S/C18H19FO3/c1-3-12(2)11-22-18(21)15-7-5-4-6-14(15)13-8-9-17(20)16(19)10-13/h4-10,12,20H,3,11H2,1-2H3/t12-/m0/s1. The summed E-state index contributed by atoms with van der Waals surface area (Å²) in [7, 11) is 0. The Hall–Kier alpha value is -2.36. The second-order valence-corrected chi connectivity index (χ2v) is 5.32. The van der Waals surface area contributed by atoms with Crippen molar-refractivity contribution >= 4 is 5.97 Å². The number of rotatable bonds is 5. The molecule has 0 fully saturated rings. The minimum Gasteiger partial charge on any atom is -0.505 e. The van der Waals surface area contributed by atoms with E-state index in [9.17, 15) is 14.3 Å². The molecule has 0 aliphatic heterocycles. The molecule has 0 saturated carbocycles. The summed E-state index contributed by atoms with van der Waals surface area (Å²) in [5, 5.41) is 9.27. The van der Waals surface area contributed by atoms with E-state index >= 15 is 0 Å². The van der Waals surface area contributed by atoms with Crippen LogP contribution in [-0.4, -0.2) is 17.7 Å². The van der Waals surface area contributed by atoms with Gasteiger partial charge in [-0.1, -0.05) is 44.5 Å². The Kier molecular flexibility index (Phi) is 5.15. The highest BCUT2D eigenvalue weighted by molar-refractivity contribution is 5.97. The first-order valence-corrected chi connectivity index (χ1v) is 7.28. The fourth-order valence-electron chi connectivity index (χ4n) is 2.00. The number of carbonyl (C=O) groups excluding carboxylic acids is 1. The molecule has 1 N–H and O–H groups in total. The van der Waals surface area contributed by atoms with E-state index in [1.54, 1.807) is 30.3 Å². The van der Waals surface area contributed by atoms with Crippen molar-refractivity contribution in [2.45, 2.75) is 20.3 Å². The third-order valence-electron chi connectivity index (χ3n) is 3.60. The highest BCUT2D eigenvalue weighted by Crippen LogP contribution is 2.28. The van der Waals surface area contributed by atoms with Crippen molar-refractivity contribution in [3.8, 4) is 16.9 Å². The first kappa shape index (κ1) is 16.0. The maximum Gasteiger partial charge on any atom is 0.338 e. The predicted molar refractivity (Wildman–Crippen MR) is 83.2 cm³/mol. The van der Waals surface area contributed by atoms with Gasteiger partial charge in [-0.25, -0.2) is 9.18 Å². The van der Waals surface area contributed by atoms with E-state index in [1.807, 2.05) is 13.8 Å². The summed E-state index contributed by atoms with van der Waals surface area (Å²) in [5.41, 5.74) is 1.48. The molecule has 1 atom stereocenters. The summed E-state index contributed by atoms with van der Waals surface area (Å²) in [5.74, 6) is -1.27. The van der Waals surface area contributed by atoms with E-state index in [0.717, 1.165) is 6.42 Å². The van der Waals surface area contributed by atoms with Gasteiger partial charge in [0.05, 0.1) is 12.2 Å². The lowest BCUT2D eigenvalue weighted by Gasteiger charge is -2.12. The van der Waals surface area contributed by atoms with E-state index in [1.165, 1.54) is 12.1 Å². The zero-order chi connectivity index (χ0) is 16.1. The first-order valence-electron chi connectivity index (χ1n) is 7.28. The van der Waals surface area contributed by atoms with Crippen LogP contribution in [0.5, 0.6) is 5.75 Å². The Balaban J connectivity index is 2.30. The van der Waals surface area contributed by atoms with Crippen LogP contribution in [0.25, 0.3) is 11.1 Å². The Morgan fingerprint density at radius 1 is 1.27 bits per heavy atom. The molecule has 0 aliphatic rings. The van der Waals surface area contributed by atoms with E-state index in [0.29, 0.717) is 29.2 Å². The van der Waals surface area contributed by atoms with Crippen LogP contribution in [0.2, 0.25) is 0 Å². The van der Waals surface area contributed by atoms with Gasteiger partial charge in [-0.2, -0.15) is 0 Å². The number of hydrogen-bond acceptors (Lipinski definition) is 3. The highest BCUT2D eigenvalue weighted by atomic mass is 19.1. The molecule has 0 saturated heterocycles. The van der Waals surface area contributed by atoms with Crippen LogP contribution < -0.4 is 0 Å². The molecule has 0 amide bonds. The molecule has 0 heterocycles. The van der Waals surface area contributed by atoms with Gasteiger partial charge in [0.25, 0.3) is 0 Å². The van der Waals surface area contributed by atoms with Crippen LogP contribution in [0.4, 0.5) is 4.39 Å². The number of hydrogen-bond donors (Lipinski definition) is 1. The summed E-state index contributed by atoms with van der Waals surface area (Å²) in [6, 6.07) is 10.9. The maximum atomic E-state index is 13.5. The largest absolute Gasteiger partial charge is 0.505 e. The van der Waals surface area contributed by atoms with Gasteiger partial charge in [-0.15, -0.1) is 0 Å². The van der Waals surface area contributed by atoms with E-state index in [4.69, 9.17) is 4.74 Å². The minimum absolute atomic E-state index is 0.294. The quantitative estimate of drug-likeness (QED) is 0.833. The molecule has 2 aromatic carbocycles. The Morgan fingerprint density at radius 3 is 2.68 bits per heavy atom. The lowest BCUT2D eigenvalue weighted by Crippen LogP contribution is -2.12. The molecule has 22 heavy (non-hydrogen) atoms. The lowest BCUT2D eigenvalue weighted by molar-refractivity contribution is 0.0448. The number of ether oxygens (including phenoxy) is 1. The molecular formula is C18H19FO3. The van der Waals surface area contributed by atoms with Crippen LogP contribution in [0, 0.1) is 11.7 Å². The molecule has 0 radical (unpaired) electrons. The SMILES string of the molecule is CC[C@H](C)COC(=O)c1ccccc1-c1ccc(O)c(F)c1. The molecule has 3 nitrogen and oxygen atoms in total. The van der Waals surface area contributed by atoms with Gasteiger partial charge >= 0.3 is 5.97 Å². The second kappa shape index (κ2) is 7.07. The first-order chi connectivity index (χ1) is 10.5. The zero-order valence-electron chi connectivity index (χ0n) is 12.7. The molecule has 116 valence electrons. The topological polar surface area (TPSA) is 46.5 Å². The van der Waals surface area contributed by atoms with E-state index in [-0.39, 0.29) is 0 Å². The smallest absolute Gasteiger partial charge is 0.338 e. The van der Waals surface area contributed by atoms with Crippen molar-refractivity contribution in [2.75, 3.05) is 6.61 Å². The highest BCUT2D eigenvalue weighted by Gasteiger charge is 2.15. The molecule has 2 rings (SSSR count). The third-order valence-corrected chi connectivity index (χ3v) is 3.60. The van der Waals surface area contributed by atoms with Gasteiger partial charge in [0.1, 0.15) is 0 Å². The normalized spacial score (nSPS) is 12.0. The third kappa shape index (κ3) is 3.64. The summed E-state index contributed by atoms with van der Waals surface area (Å²) in [4.78, 5) is 12.2. The fourth-order valence-corrected chi connectivity index (χ4v) is 2.00. The van der Waals surface area contributed by atoms with Crippen molar-refractivity contribution in [1.82, 2.24) is 0 Å². The van der Waals surface area contributed by atoms with Crippen LogP contribution in [0.15, 0.2) is 42.5 Å². The number of phenolic OH excluding ortho intramolecular Hbond substituents is 1. The molecule has 0 bridgehead atoms. The summed E-state index contributed by atoms with van der Waals surface area (Å²) in [6.07, 6.45) is 0.929. The van der Waals surface area contributed by atoms with E-state index in [2.05, 4.69) is 0 Å². The predicted octanol–water partition coefficient (Wildman–Crippen LogP) is 4.40. The molecule has 4 heteroatoms. The van der Waals surface area contributed by atoms with Gasteiger partial charge < -0.3 is 9.84 Å². The molecular weight excluding hydrogens is 283 g/mol. The van der Waals surface area contributed by atoms with Crippen LogP contribution in [-0.2, 0) is 4.74 Å². The van der Waals surface area contributed by atoms with Gasteiger partial charge in [0, 0.05) is 0 Å². The maximum absolute atomic E-state index is 13.5. The average molecular weight is 302 g/mol. The number of phenols is 1. The van der Waals surface area contributed by atoms with Crippen LogP contribution in [0.3, 0.4) is 0 Å². The molecule has 0 aromatic heterocycles. The van der Waals surface area contributed by atoms with Crippen molar-refractivity contribution in [2.24, 2.45) is 5.92 Å². The monoisotopic (exact) mass is 302 g/mol. The molecule has 2 aromatic rings. The molecule has 0 spiro atoms. The number of halogens is 1. The van der Waals surface area contributed by atoms with Crippen LogP contribution in [0.1, 0.15) is 30.6 Å². The average Bonchev–Trinajstić information content (AvgIpc) is 2.54. The Labute approximate surface area is 129 Å². The molecule has 0 unspecified atom stereocenters.